The molecule has 0 saturated carbocycles. The van der Waals surface area contributed by atoms with Gasteiger partial charge in [0, 0.05) is 13.1 Å². The second kappa shape index (κ2) is 7.57. The fraction of sp³-hybridized carbons (Fsp3) is 0.308. The molecule has 2 N–H and O–H groups in total. The summed E-state index contributed by atoms with van der Waals surface area (Å²) in [7, 11) is 0. The number of nitrogens with one attached hydrogen (secondary N) is 2. The van der Waals surface area contributed by atoms with Gasteiger partial charge in [0.05, 0.1) is 10.6 Å². The van der Waals surface area contributed by atoms with Crippen LogP contribution in [0.1, 0.15) is 16.8 Å². The fourth-order valence-electron chi connectivity index (χ4n) is 1.82. The van der Waals surface area contributed by atoms with E-state index >= 15 is 0 Å². The molecule has 0 radical (unpaired) electrons. The van der Waals surface area contributed by atoms with E-state index in [2.05, 4.69) is 10.6 Å². The van der Waals surface area contributed by atoms with E-state index in [4.69, 9.17) is 11.6 Å². The molecule has 20 heavy (non-hydrogen) atoms. The molecule has 1 aliphatic rings. The zero-order chi connectivity index (χ0) is 13.8. The van der Waals surface area contributed by atoms with Gasteiger partial charge < -0.3 is 10.6 Å². The van der Waals surface area contributed by atoms with Crippen LogP contribution in [-0.2, 0) is 0 Å². The van der Waals surface area contributed by atoms with Crippen LogP contribution in [0.4, 0.5) is 8.78 Å². The van der Waals surface area contributed by atoms with Crippen molar-refractivity contribution < 1.29 is 13.6 Å². The van der Waals surface area contributed by atoms with Crippen molar-refractivity contribution in [3.05, 3.63) is 46.0 Å². The fourth-order valence-corrected chi connectivity index (χ4v) is 2.05. The predicted molar refractivity (Wildman–Crippen MR) is 76.5 cm³/mol. The molecular formula is C13H14Cl2F2N2O. The van der Waals surface area contributed by atoms with Crippen LogP contribution in [0.15, 0.2) is 23.8 Å². The monoisotopic (exact) mass is 322 g/mol. The number of carbonyl (C=O) groups excluding carboxylic acids is 1. The zero-order valence-corrected chi connectivity index (χ0v) is 12.1. The Bertz CT molecular complexity index is 535. The molecule has 0 atom stereocenters. The molecule has 3 nitrogen and oxygen atoms in total. The second-order valence-electron chi connectivity index (χ2n) is 4.25. The number of carbonyl (C=O) groups is 1. The largest absolute Gasteiger partial charge is 0.348 e. The van der Waals surface area contributed by atoms with Gasteiger partial charge >= 0.3 is 0 Å². The van der Waals surface area contributed by atoms with Gasteiger partial charge in [0.15, 0.2) is 11.6 Å². The van der Waals surface area contributed by atoms with Crippen LogP contribution in [0.2, 0.25) is 5.02 Å². The normalized spacial score (nSPS) is 14.2. The average molecular weight is 323 g/mol. The molecule has 1 aliphatic heterocycles. The Hall–Kier alpha value is -1.17. The van der Waals surface area contributed by atoms with Crippen molar-refractivity contribution in [2.45, 2.75) is 6.42 Å². The van der Waals surface area contributed by atoms with Gasteiger partial charge in [-0.15, -0.1) is 12.4 Å². The standard InChI is InChI=1S/C13H13ClF2N2O.ClH/c14-10-6-12(16)11(15)5-9(10)13(19)18-7-8-1-3-17-4-2-8;/h1,5-6,17H,2-4,7H2,(H,18,19);1H. The highest BCUT2D eigenvalue weighted by molar-refractivity contribution is 6.33. The molecule has 1 heterocycles. The summed E-state index contributed by atoms with van der Waals surface area (Å²) in [5.41, 5.74) is 1.04. The summed E-state index contributed by atoms with van der Waals surface area (Å²) in [6, 6.07) is 1.61. The van der Waals surface area contributed by atoms with E-state index in [0.717, 1.165) is 37.2 Å². The first-order chi connectivity index (χ1) is 9.08. The average Bonchev–Trinajstić information content (AvgIpc) is 2.41. The van der Waals surface area contributed by atoms with E-state index in [1.807, 2.05) is 6.08 Å². The topological polar surface area (TPSA) is 41.1 Å². The number of hydrogen-bond acceptors (Lipinski definition) is 2. The molecule has 0 fully saturated rings. The second-order valence-corrected chi connectivity index (χ2v) is 4.65. The molecule has 0 bridgehead atoms. The van der Waals surface area contributed by atoms with Crippen LogP contribution < -0.4 is 10.6 Å². The maximum Gasteiger partial charge on any atom is 0.253 e. The number of halogens is 4. The molecule has 110 valence electrons. The lowest BCUT2D eigenvalue weighted by Gasteiger charge is -2.15. The summed E-state index contributed by atoms with van der Waals surface area (Å²) in [5, 5.41) is 5.70. The first-order valence-electron chi connectivity index (χ1n) is 5.89. The summed E-state index contributed by atoms with van der Waals surface area (Å²) in [6.07, 6.45) is 2.85. The van der Waals surface area contributed by atoms with Crippen molar-refractivity contribution in [3.63, 3.8) is 0 Å². The van der Waals surface area contributed by atoms with Crippen LogP contribution in [0.3, 0.4) is 0 Å². The van der Waals surface area contributed by atoms with E-state index in [-0.39, 0.29) is 23.0 Å². The molecule has 1 amide bonds. The molecular weight excluding hydrogens is 309 g/mol. The van der Waals surface area contributed by atoms with Crippen LogP contribution in [0.25, 0.3) is 0 Å². The first kappa shape index (κ1) is 16.9. The number of amides is 1. The number of hydrogen-bond donors (Lipinski definition) is 2. The van der Waals surface area contributed by atoms with Gasteiger partial charge in [0.2, 0.25) is 0 Å². The van der Waals surface area contributed by atoms with Crippen LogP contribution in [0.5, 0.6) is 0 Å². The SMILES string of the molecule is Cl.O=C(NCC1=CCNCC1)c1cc(F)c(F)cc1Cl. The van der Waals surface area contributed by atoms with Crippen LogP contribution in [-0.4, -0.2) is 25.5 Å². The van der Waals surface area contributed by atoms with Gasteiger partial charge in [0.1, 0.15) is 0 Å². The van der Waals surface area contributed by atoms with Crippen molar-refractivity contribution in [2.75, 3.05) is 19.6 Å². The third-order valence-electron chi connectivity index (χ3n) is 2.89. The van der Waals surface area contributed by atoms with Gasteiger partial charge in [-0.05, 0) is 25.1 Å². The van der Waals surface area contributed by atoms with Gasteiger partial charge in [-0.2, -0.15) is 0 Å². The van der Waals surface area contributed by atoms with Gasteiger partial charge in [0.25, 0.3) is 5.91 Å². The lowest BCUT2D eigenvalue weighted by atomic mass is 10.1. The highest BCUT2D eigenvalue weighted by atomic mass is 35.5. The van der Waals surface area contributed by atoms with E-state index in [0.29, 0.717) is 6.54 Å². The Kier molecular flexibility index (Phi) is 6.39. The predicted octanol–water partition coefficient (Wildman–Crippen LogP) is 2.69. The lowest BCUT2D eigenvalue weighted by molar-refractivity contribution is 0.0956. The van der Waals surface area contributed by atoms with Crippen molar-refractivity contribution >= 4 is 29.9 Å². The summed E-state index contributed by atoms with van der Waals surface area (Å²) in [6.45, 7) is 2.03. The molecule has 0 aromatic heterocycles. The van der Waals surface area contributed by atoms with Crippen LogP contribution in [0, 0.1) is 11.6 Å². The van der Waals surface area contributed by atoms with E-state index < -0.39 is 17.5 Å². The number of rotatable bonds is 3. The molecule has 1 aromatic carbocycles. The minimum absolute atomic E-state index is 0. The van der Waals surface area contributed by atoms with Crippen molar-refractivity contribution in [3.8, 4) is 0 Å². The molecule has 7 heteroatoms. The van der Waals surface area contributed by atoms with Crippen molar-refractivity contribution in [1.82, 2.24) is 10.6 Å². The maximum atomic E-state index is 13.1. The molecule has 0 aliphatic carbocycles. The molecule has 2 rings (SSSR count). The summed E-state index contributed by atoms with van der Waals surface area (Å²) in [4.78, 5) is 11.8. The Morgan fingerprint density at radius 2 is 2.05 bits per heavy atom. The molecule has 1 aromatic rings. The Morgan fingerprint density at radius 1 is 1.35 bits per heavy atom. The van der Waals surface area contributed by atoms with Crippen molar-refractivity contribution in [1.29, 1.82) is 0 Å². The Balaban J connectivity index is 0.00000200. The van der Waals surface area contributed by atoms with E-state index in [9.17, 15) is 13.6 Å². The van der Waals surface area contributed by atoms with Gasteiger partial charge in [-0.25, -0.2) is 8.78 Å². The third-order valence-corrected chi connectivity index (χ3v) is 3.20. The Morgan fingerprint density at radius 3 is 2.70 bits per heavy atom. The minimum atomic E-state index is -1.09. The van der Waals surface area contributed by atoms with Crippen LogP contribution >= 0.6 is 24.0 Å². The molecule has 0 spiro atoms. The molecule has 0 saturated heterocycles. The Labute approximate surface area is 126 Å². The highest BCUT2D eigenvalue weighted by Crippen LogP contribution is 2.20. The van der Waals surface area contributed by atoms with Gasteiger partial charge in [-0.1, -0.05) is 23.3 Å². The third kappa shape index (κ3) is 4.16. The smallest absolute Gasteiger partial charge is 0.253 e. The lowest BCUT2D eigenvalue weighted by Crippen LogP contribution is -2.29. The summed E-state index contributed by atoms with van der Waals surface area (Å²) >= 11 is 5.73. The zero-order valence-electron chi connectivity index (χ0n) is 10.5. The van der Waals surface area contributed by atoms with E-state index in [1.54, 1.807) is 0 Å². The van der Waals surface area contributed by atoms with Gasteiger partial charge in [-0.3, -0.25) is 4.79 Å². The van der Waals surface area contributed by atoms with Crippen molar-refractivity contribution in [2.24, 2.45) is 0 Å². The minimum Gasteiger partial charge on any atom is -0.348 e. The molecule has 0 unspecified atom stereocenters. The number of benzene rings is 1. The highest BCUT2D eigenvalue weighted by Gasteiger charge is 2.15. The first-order valence-corrected chi connectivity index (χ1v) is 6.27. The maximum absolute atomic E-state index is 13.1. The summed E-state index contributed by atoms with van der Waals surface area (Å²) < 4.78 is 26.0. The van der Waals surface area contributed by atoms with E-state index in [1.165, 1.54) is 0 Å². The quantitative estimate of drug-likeness (QED) is 0.663. The summed E-state index contributed by atoms with van der Waals surface area (Å²) in [5.74, 6) is -2.67.